The minimum absolute atomic E-state index is 0.0719. The van der Waals surface area contributed by atoms with Crippen LogP contribution in [0.4, 0.5) is 15.9 Å². The Bertz CT molecular complexity index is 828. The Balaban J connectivity index is 1.81. The van der Waals surface area contributed by atoms with E-state index in [4.69, 9.17) is 11.6 Å². The molecule has 2 aromatic rings. The highest BCUT2D eigenvalue weighted by atomic mass is 35.5. The van der Waals surface area contributed by atoms with Crippen LogP contribution in [0.15, 0.2) is 24.4 Å². The van der Waals surface area contributed by atoms with Gasteiger partial charge in [-0.05, 0) is 68.2 Å². The first-order valence-electron chi connectivity index (χ1n) is 8.30. The summed E-state index contributed by atoms with van der Waals surface area (Å²) in [6.07, 6.45) is 6.24. The van der Waals surface area contributed by atoms with Gasteiger partial charge in [0.05, 0.1) is 5.02 Å². The molecule has 3 aliphatic carbocycles. The van der Waals surface area contributed by atoms with Crippen molar-refractivity contribution < 1.29 is 9.18 Å². The van der Waals surface area contributed by atoms with E-state index in [1.54, 1.807) is 25.3 Å². The first-order valence-corrected chi connectivity index (χ1v) is 8.68. The number of hydrogen-bond acceptors (Lipinski definition) is 3. The smallest absolute Gasteiger partial charge is 0.161 e. The molecule has 2 bridgehead atoms. The summed E-state index contributed by atoms with van der Waals surface area (Å²) >= 11 is 5.87. The van der Waals surface area contributed by atoms with E-state index in [1.807, 2.05) is 0 Å². The van der Waals surface area contributed by atoms with E-state index in [2.05, 4.69) is 10.3 Å². The molecule has 5 heteroatoms. The molecule has 0 amide bonds. The van der Waals surface area contributed by atoms with E-state index >= 15 is 0 Å². The van der Waals surface area contributed by atoms with Crippen molar-refractivity contribution in [1.82, 2.24) is 4.98 Å². The van der Waals surface area contributed by atoms with Gasteiger partial charge in [-0.15, -0.1) is 0 Å². The van der Waals surface area contributed by atoms with Gasteiger partial charge in [-0.2, -0.15) is 0 Å². The van der Waals surface area contributed by atoms with Gasteiger partial charge in [0.25, 0.3) is 0 Å². The van der Waals surface area contributed by atoms with Gasteiger partial charge in [-0.25, -0.2) is 9.37 Å². The minimum atomic E-state index is -0.441. The molecule has 1 fully saturated rings. The van der Waals surface area contributed by atoms with Crippen LogP contribution < -0.4 is 5.32 Å². The number of Topliss-reactive ketones (excluding diaryl/α,β-unsaturated/α-hetero) is 1. The number of rotatable bonds is 3. The summed E-state index contributed by atoms with van der Waals surface area (Å²) in [6, 6.07) is 4.55. The fourth-order valence-corrected chi connectivity index (χ4v) is 4.34. The van der Waals surface area contributed by atoms with E-state index in [0.29, 0.717) is 17.5 Å². The van der Waals surface area contributed by atoms with Crippen LogP contribution in [0.5, 0.6) is 0 Å². The van der Waals surface area contributed by atoms with Gasteiger partial charge in [-0.1, -0.05) is 11.6 Å². The minimum Gasteiger partial charge on any atom is -0.340 e. The van der Waals surface area contributed by atoms with Crippen LogP contribution in [0, 0.1) is 5.82 Å². The number of benzene rings is 1. The van der Waals surface area contributed by atoms with Crippen molar-refractivity contribution in [3.05, 3.63) is 51.9 Å². The van der Waals surface area contributed by atoms with Crippen LogP contribution in [-0.2, 0) is 0 Å². The van der Waals surface area contributed by atoms with Gasteiger partial charge in [0.15, 0.2) is 5.78 Å². The lowest BCUT2D eigenvalue weighted by Crippen LogP contribution is -2.25. The maximum absolute atomic E-state index is 13.4. The Hall–Kier alpha value is -1.94. The van der Waals surface area contributed by atoms with Crippen LogP contribution in [0.1, 0.15) is 65.9 Å². The lowest BCUT2D eigenvalue weighted by Gasteiger charge is -2.40. The van der Waals surface area contributed by atoms with Crippen LogP contribution in [0.3, 0.4) is 0 Å². The zero-order chi connectivity index (χ0) is 16.8. The summed E-state index contributed by atoms with van der Waals surface area (Å²) in [5.74, 6) is 1.29. The van der Waals surface area contributed by atoms with Crippen LogP contribution >= 0.6 is 11.6 Å². The average Bonchev–Trinajstić information content (AvgIpc) is 2.59. The molecule has 1 saturated carbocycles. The first kappa shape index (κ1) is 15.6. The molecule has 1 N–H and O–H groups in total. The van der Waals surface area contributed by atoms with Gasteiger partial charge in [0.2, 0.25) is 0 Å². The molecule has 24 heavy (non-hydrogen) atoms. The van der Waals surface area contributed by atoms with Gasteiger partial charge < -0.3 is 5.32 Å². The molecule has 0 spiro atoms. The number of anilines is 2. The topological polar surface area (TPSA) is 42.0 Å². The Morgan fingerprint density at radius 3 is 2.50 bits per heavy atom. The van der Waals surface area contributed by atoms with E-state index in [1.165, 1.54) is 17.2 Å². The first-order chi connectivity index (χ1) is 11.5. The highest BCUT2D eigenvalue weighted by molar-refractivity contribution is 6.31. The summed E-state index contributed by atoms with van der Waals surface area (Å²) in [5.41, 5.74) is 3.80. The number of halogens is 2. The van der Waals surface area contributed by atoms with Crippen molar-refractivity contribution >= 4 is 28.9 Å². The summed E-state index contributed by atoms with van der Waals surface area (Å²) < 4.78 is 13.4. The Morgan fingerprint density at radius 1 is 1.21 bits per heavy atom. The lowest BCUT2D eigenvalue weighted by molar-refractivity contribution is 0.101. The summed E-state index contributed by atoms with van der Waals surface area (Å²) in [4.78, 5) is 16.5. The third kappa shape index (κ3) is 2.49. The molecule has 3 aliphatic rings. The van der Waals surface area contributed by atoms with Crippen molar-refractivity contribution in [1.29, 1.82) is 0 Å². The molecule has 0 saturated heterocycles. The number of carbonyl (C=O) groups is 1. The number of nitrogens with zero attached hydrogens (tertiary/aromatic N) is 1. The number of nitrogens with one attached hydrogen (secondary N) is 1. The van der Waals surface area contributed by atoms with Crippen LogP contribution in [0.2, 0.25) is 5.02 Å². The Kier molecular flexibility index (Phi) is 3.80. The van der Waals surface area contributed by atoms with E-state index in [9.17, 15) is 9.18 Å². The van der Waals surface area contributed by atoms with E-state index in [-0.39, 0.29) is 10.8 Å². The number of aromatic nitrogens is 1. The van der Waals surface area contributed by atoms with Crippen molar-refractivity contribution in [2.24, 2.45) is 0 Å². The van der Waals surface area contributed by atoms with E-state index in [0.717, 1.165) is 37.1 Å². The molecule has 0 aliphatic heterocycles. The van der Waals surface area contributed by atoms with Crippen molar-refractivity contribution in [3.8, 4) is 0 Å². The lowest BCUT2D eigenvalue weighted by atomic mass is 9.66. The molecule has 0 atom stereocenters. The number of ketones is 1. The zero-order valence-electron chi connectivity index (χ0n) is 13.4. The maximum atomic E-state index is 13.4. The van der Waals surface area contributed by atoms with Crippen LogP contribution in [-0.4, -0.2) is 10.8 Å². The third-order valence-corrected chi connectivity index (χ3v) is 5.55. The van der Waals surface area contributed by atoms with Crippen molar-refractivity contribution in [2.75, 3.05) is 5.32 Å². The predicted molar refractivity (Wildman–Crippen MR) is 92.9 cm³/mol. The fraction of sp³-hybridized carbons (Fsp3) is 0.368. The standard InChI is InChI=1S/C19H18ClFN2O/c1-10(24)14-9-22-19(23-13-6-7-16(21)15(20)8-13)18-12-4-2-11(3-5-12)17(14)18/h6-9,11-12H,2-5H2,1H3,(H,22,23). The highest BCUT2D eigenvalue weighted by Crippen LogP contribution is 2.52. The fourth-order valence-electron chi connectivity index (χ4n) is 4.16. The highest BCUT2D eigenvalue weighted by Gasteiger charge is 2.37. The number of fused-ring (bicyclic) bond motifs is 2. The Morgan fingerprint density at radius 2 is 1.88 bits per heavy atom. The molecular weight excluding hydrogens is 327 g/mol. The normalized spacial score (nSPS) is 21.5. The van der Waals surface area contributed by atoms with Gasteiger partial charge in [0.1, 0.15) is 11.6 Å². The molecule has 0 radical (unpaired) electrons. The monoisotopic (exact) mass is 344 g/mol. The molecule has 124 valence electrons. The predicted octanol–water partition coefficient (Wildman–Crippen LogP) is 5.58. The number of carbonyl (C=O) groups excluding carboxylic acids is 1. The molecule has 1 heterocycles. The van der Waals surface area contributed by atoms with Crippen molar-refractivity contribution in [2.45, 2.75) is 44.4 Å². The van der Waals surface area contributed by atoms with E-state index < -0.39 is 5.82 Å². The van der Waals surface area contributed by atoms with Crippen molar-refractivity contribution in [3.63, 3.8) is 0 Å². The molecular formula is C19H18ClFN2O. The molecule has 5 rings (SSSR count). The second-order valence-corrected chi connectivity index (χ2v) is 7.11. The van der Waals surface area contributed by atoms with Crippen LogP contribution in [0.25, 0.3) is 0 Å². The molecule has 3 nitrogen and oxygen atoms in total. The maximum Gasteiger partial charge on any atom is 0.161 e. The summed E-state index contributed by atoms with van der Waals surface area (Å²) in [7, 11) is 0. The second kappa shape index (κ2) is 5.85. The average molecular weight is 345 g/mol. The van der Waals surface area contributed by atoms with Gasteiger partial charge in [-0.3, -0.25) is 4.79 Å². The van der Waals surface area contributed by atoms with Gasteiger partial charge >= 0.3 is 0 Å². The number of hydrogen-bond donors (Lipinski definition) is 1. The Labute approximate surface area is 145 Å². The molecule has 1 aromatic heterocycles. The molecule has 0 unspecified atom stereocenters. The third-order valence-electron chi connectivity index (χ3n) is 5.26. The second-order valence-electron chi connectivity index (χ2n) is 6.71. The number of pyridine rings is 1. The zero-order valence-corrected chi connectivity index (χ0v) is 14.2. The van der Waals surface area contributed by atoms with Gasteiger partial charge in [0, 0.05) is 23.0 Å². The quantitative estimate of drug-likeness (QED) is 0.739. The summed E-state index contributed by atoms with van der Waals surface area (Å²) in [6.45, 7) is 1.60. The molecule has 1 aromatic carbocycles. The SMILES string of the molecule is CC(=O)c1cnc(Nc2ccc(F)c(Cl)c2)c2c1C1CCC2CC1. The summed E-state index contributed by atoms with van der Waals surface area (Å²) in [5, 5.41) is 3.36. The largest absolute Gasteiger partial charge is 0.340 e.